The van der Waals surface area contributed by atoms with Crippen LogP contribution in [0.4, 0.5) is 0 Å². The molecule has 0 fully saturated rings. The number of benzene rings is 7. The van der Waals surface area contributed by atoms with E-state index in [-0.39, 0.29) is 0 Å². The van der Waals surface area contributed by atoms with Crippen LogP contribution >= 0.6 is 0 Å². The average Bonchev–Trinajstić information content (AvgIpc) is 3.80. The summed E-state index contributed by atoms with van der Waals surface area (Å²) < 4.78 is 4.65. The zero-order valence-corrected chi connectivity index (χ0v) is 31.1. The lowest BCUT2D eigenvalue weighted by molar-refractivity contribution is 1.08. The van der Waals surface area contributed by atoms with Crippen molar-refractivity contribution in [3.8, 4) is 45.3 Å². The summed E-state index contributed by atoms with van der Waals surface area (Å²) >= 11 is 0. The van der Waals surface area contributed by atoms with Gasteiger partial charge in [-0.05, 0) is 89.3 Å². The quantitative estimate of drug-likeness (QED) is 0.164. The van der Waals surface area contributed by atoms with Crippen molar-refractivity contribution in [3.05, 3.63) is 217 Å². The normalized spacial score (nSPS) is 11.6. The highest BCUT2D eigenvalue weighted by molar-refractivity contribution is 6.28. The second-order valence-electron chi connectivity index (χ2n) is 14.6. The van der Waals surface area contributed by atoms with E-state index in [1.807, 2.05) is 0 Å². The minimum atomic E-state index is 0.881. The number of nitrogens with zero attached hydrogens (tertiary/aromatic N) is 4. The van der Waals surface area contributed by atoms with Gasteiger partial charge in [-0.3, -0.25) is 9.13 Å². The zero-order chi connectivity index (χ0) is 37.7. The maximum absolute atomic E-state index is 5.34. The Balaban J connectivity index is 1.07. The van der Waals surface area contributed by atoms with Crippen LogP contribution in [0.25, 0.3) is 88.9 Å². The van der Waals surface area contributed by atoms with Crippen molar-refractivity contribution >= 4 is 43.6 Å². The van der Waals surface area contributed by atoms with Gasteiger partial charge in [0.2, 0.25) is 0 Å². The van der Waals surface area contributed by atoms with E-state index in [0.29, 0.717) is 0 Å². The molecule has 4 nitrogen and oxygen atoms in total. The summed E-state index contributed by atoms with van der Waals surface area (Å²) in [5, 5.41) is 4.80. The Morgan fingerprint density at radius 3 is 1.39 bits per heavy atom. The maximum atomic E-state index is 5.34. The molecule has 4 heteroatoms. The summed E-state index contributed by atoms with van der Waals surface area (Å²) in [5.74, 6) is 1.78. The first kappa shape index (κ1) is 32.8. The highest BCUT2D eigenvalue weighted by Crippen LogP contribution is 2.42. The van der Waals surface area contributed by atoms with Gasteiger partial charge in [-0.2, -0.15) is 0 Å². The van der Waals surface area contributed by atoms with Crippen LogP contribution in [0.15, 0.2) is 206 Å². The molecule has 0 atom stereocenters. The van der Waals surface area contributed by atoms with Crippen molar-refractivity contribution in [1.82, 2.24) is 19.1 Å². The second kappa shape index (κ2) is 13.6. The largest absolute Gasteiger partial charge is 0.294 e. The summed E-state index contributed by atoms with van der Waals surface area (Å²) in [5.41, 5.74) is 13.5. The van der Waals surface area contributed by atoms with Crippen molar-refractivity contribution in [1.29, 1.82) is 0 Å². The van der Waals surface area contributed by atoms with Crippen LogP contribution in [-0.4, -0.2) is 19.1 Å². The lowest BCUT2D eigenvalue weighted by Crippen LogP contribution is -1.99. The molecule has 4 aromatic heterocycles. The Kier molecular flexibility index (Phi) is 7.85. The van der Waals surface area contributed by atoms with E-state index in [1.165, 1.54) is 43.8 Å². The van der Waals surface area contributed by atoms with Crippen molar-refractivity contribution in [3.63, 3.8) is 0 Å². The molecule has 0 bridgehead atoms. The molecule has 0 aliphatic heterocycles. The summed E-state index contributed by atoms with van der Waals surface area (Å²) in [6, 6.07) is 73.2. The monoisotopic (exact) mass is 728 g/mol. The minimum absolute atomic E-state index is 0.881. The van der Waals surface area contributed by atoms with E-state index in [9.17, 15) is 0 Å². The second-order valence-corrected chi connectivity index (χ2v) is 14.6. The summed E-state index contributed by atoms with van der Waals surface area (Å²) in [6.07, 6.45) is 0.881. The minimum Gasteiger partial charge on any atom is -0.294 e. The Bertz CT molecular complexity index is 3270. The SMILES string of the molecule is c1ccc(Cc2cccc(-c3cccc(-n4c5ccccc5c5c6c7ccccc7n(-c7cccc(-c8cccc(-c9ccccc9)c8)n7)c6ccc54)n3)c2)cc1. The Labute approximate surface area is 330 Å². The smallest absolute Gasteiger partial charge is 0.138 e. The van der Waals surface area contributed by atoms with Crippen molar-refractivity contribution in [2.75, 3.05) is 0 Å². The number of para-hydroxylation sites is 2. The molecule has 0 saturated heterocycles. The molecule has 0 aliphatic carbocycles. The van der Waals surface area contributed by atoms with Gasteiger partial charge >= 0.3 is 0 Å². The molecular weight excluding hydrogens is 693 g/mol. The molecule has 0 saturated carbocycles. The molecule has 0 amide bonds. The molecule has 7 aromatic carbocycles. The van der Waals surface area contributed by atoms with Gasteiger partial charge in [-0.25, -0.2) is 9.97 Å². The van der Waals surface area contributed by atoms with E-state index in [2.05, 4.69) is 215 Å². The topological polar surface area (TPSA) is 35.6 Å². The Morgan fingerprint density at radius 1 is 0.316 bits per heavy atom. The van der Waals surface area contributed by atoms with Crippen LogP contribution in [0.1, 0.15) is 11.1 Å². The van der Waals surface area contributed by atoms with E-state index in [1.54, 1.807) is 0 Å². The van der Waals surface area contributed by atoms with E-state index < -0.39 is 0 Å². The molecule has 0 aliphatic rings. The fourth-order valence-electron chi connectivity index (χ4n) is 8.59. The third-order valence-corrected chi connectivity index (χ3v) is 11.1. The molecule has 0 unspecified atom stereocenters. The fraction of sp³-hybridized carbons (Fsp3) is 0.0189. The van der Waals surface area contributed by atoms with Crippen molar-refractivity contribution in [2.45, 2.75) is 6.42 Å². The molecule has 0 radical (unpaired) electrons. The molecule has 268 valence electrons. The van der Waals surface area contributed by atoms with E-state index in [4.69, 9.17) is 9.97 Å². The number of pyridine rings is 2. The molecule has 11 rings (SSSR count). The van der Waals surface area contributed by atoms with Gasteiger partial charge in [0.15, 0.2) is 0 Å². The summed E-state index contributed by atoms with van der Waals surface area (Å²) in [4.78, 5) is 10.7. The third kappa shape index (κ3) is 5.70. The van der Waals surface area contributed by atoms with Crippen LogP contribution in [0, 0.1) is 0 Å². The lowest BCUT2D eigenvalue weighted by Gasteiger charge is -2.11. The average molecular weight is 729 g/mol. The molecule has 57 heavy (non-hydrogen) atoms. The van der Waals surface area contributed by atoms with Crippen LogP contribution in [0.3, 0.4) is 0 Å². The van der Waals surface area contributed by atoms with Gasteiger partial charge in [0.25, 0.3) is 0 Å². The predicted octanol–water partition coefficient (Wildman–Crippen LogP) is 13.3. The summed E-state index contributed by atoms with van der Waals surface area (Å²) in [6.45, 7) is 0. The third-order valence-electron chi connectivity index (χ3n) is 11.1. The number of rotatable bonds is 7. The van der Waals surface area contributed by atoms with E-state index in [0.717, 1.165) is 62.6 Å². The lowest BCUT2D eigenvalue weighted by atomic mass is 10.0. The van der Waals surface area contributed by atoms with Crippen LogP contribution in [-0.2, 0) is 6.42 Å². The molecule has 0 N–H and O–H groups in total. The highest BCUT2D eigenvalue weighted by atomic mass is 15.1. The number of hydrogen-bond acceptors (Lipinski definition) is 2. The molecule has 11 aromatic rings. The number of fused-ring (bicyclic) bond motifs is 7. The number of aromatic nitrogens is 4. The highest BCUT2D eigenvalue weighted by Gasteiger charge is 2.21. The van der Waals surface area contributed by atoms with Crippen molar-refractivity contribution in [2.24, 2.45) is 0 Å². The van der Waals surface area contributed by atoms with Crippen molar-refractivity contribution < 1.29 is 0 Å². The van der Waals surface area contributed by atoms with Gasteiger partial charge in [-0.15, -0.1) is 0 Å². The first-order chi connectivity index (χ1) is 28.3. The molecule has 0 spiro atoms. The van der Waals surface area contributed by atoms with Crippen LogP contribution < -0.4 is 0 Å². The van der Waals surface area contributed by atoms with Crippen LogP contribution in [0.5, 0.6) is 0 Å². The Hall–Kier alpha value is -7.56. The molecule has 4 heterocycles. The van der Waals surface area contributed by atoms with Gasteiger partial charge in [0, 0.05) is 32.7 Å². The molecular formula is C53H36N4. The fourth-order valence-corrected chi connectivity index (χ4v) is 8.59. The van der Waals surface area contributed by atoms with Gasteiger partial charge in [0.1, 0.15) is 11.6 Å². The first-order valence-electron chi connectivity index (χ1n) is 19.5. The number of hydrogen-bond donors (Lipinski definition) is 0. The summed E-state index contributed by atoms with van der Waals surface area (Å²) in [7, 11) is 0. The first-order valence-corrected chi connectivity index (χ1v) is 19.5. The van der Waals surface area contributed by atoms with Crippen LogP contribution in [0.2, 0.25) is 0 Å². The van der Waals surface area contributed by atoms with Gasteiger partial charge in [0.05, 0.1) is 33.5 Å². The van der Waals surface area contributed by atoms with E-state index >= 15 is 0 Å². The zero-order valence-electron chi connectivity index (χ0n) is 31.1. The van der Waals surface area contributed by atoms with Gasteiger partial charge in [-0.1, -0.05) is 146 Å². The maximum Gasteiger partial charge on any atom is 0.138 e. The Morgan fingerprint density at radius 2 is 0.772 bits per heavy atom. The predicted molar refractivity (Wildman–Crippen MR) is 236 cm³/mol. The standard InChI is InChI=1S/C53H36N4/c1-3-15-36(16-4-1)33-37-17-11-21-40(34-37)44-25-13-29-50(54-44)56-46-27-9-7-23-42(46)52-48(56)31-32-49-53(52)43-24-8-10-28-47(43)57(49)51-30-14-26-45(55-51)41-22-12-20-39(35-41)38-18-5-2-6-19-38/h1-32,34-35H,33H2. The van der Waals surface area contributed by atoms with Gasteiger partial charge < -0.3 is 0 Å².